The van der Waals surface area contributed by atoms with Gasteiger partial charge in [-0.25, -0.2) is 8.93 Å². The molecular formula is C38H48NOPS. The van der Waals surface area contributed by atoms with Gasteiger partial charge in [0.05, 0.1) is 15.7 Å². The minimum Gasteiger partial charge on any atom is -0.242 e. The Kier molecular flexibility index (Phi) is 9.98. The average Bonchev–Trinajstić information content (AvgIpc) is 2.94. The molecule has 2 nitrogen and oxygen atoms in total. The van der Waals surface area contributed by atoms with E-state index in [4.69, 9.17) is 0 Å². The summed E-state index contributed by atoms with van der Waals surface area (Å²) >= 11 is 0. The van der Waals surface area contributed by atoms with E-state index in [1.54, 1.807) is 0 Å². The molecule has 222 valence electrons. The highest BCUT2D eigenvalue weighted by Gasteiger charge is 2.29. The third-order valence-corrected chi connectivity index (χ3v) is 11.8. The summed E-state index contributed by atoms with van der Waals surface area (Å²) in [4.78, 5) is 0. The van der Waals surface area contributed by atoms with Gasteiger partial charge in [0.2, 0.25) is 0 Å². The number of nitrogens with one attached hydrogen (secondary N) is 1. The highest BCUT2D eigenvalue weighted by molar-refractivity contribution is 7.84. The molecule has 0 fully saturated rings. The van der Waals surface area contributed by atoms with E-state index >= 15 is 0 Å². The van der Waals surface area contributed by atoms with Crippen LogP contribution in [0.4, 0.5) is 0 Å². The highest BCUT2D eigenvalue weighted by Crippen LogP contribution is 2.42. The minimum atomic E-state index is -1.24. The van der Waals surface area contributed by atoms with Crippen LogP contribution in [0.15, 0.2) is 103 Å². The van der Waals surface area contributed by atoms with E-state index in [1.165, 1.54) is 38.4 Å². The van der Waals surface area contributed by atoms with Gasteiger partial charge in [-0.2, -0.15) is 0 Å². The fourth-order valence-electron chi connectivity index (χ4n) is 4.98. The molecule has 42 heavy (non-hydrogen) atoms. The first-order valence-electron chi connectivity index (χ1n) is 15.0. The van der Waals surface area contributed by atoms with E-state index in [-0.39, 0.29) is 21.6 Å². The summed E-state index contributed by atoms with van der Waals surface area (Å²) in [7, 11) is -1.95. The van der Waals surface area contributed by atoms with Crippen LogP contribution in [0.3, 0.4) is 0 Å². The van der Waals surface area contributed by atoms with Gasteiger partial charge in [0.25, 0.3) is 0 Å². The molecule has 0 bridgehead atoms. The lowest BCUT2D eigenvalue weighted by Crippen LogP contribution is -2.37. The van der Waals surface area contributed by atoms with Crippen molar-refractivity contribution < 1.29 is 4.21 Å². The van der Waals surface area contributed by atoms with Gasteiger partial charge < -0.3 is 0 Å². The molecule has 0 saturated heterocycles. The summed E-state index contributed by atoms with van der Waals surface area (Å²) in [5.74, 6) is 0. The Bertz CT molecular complexity index is 1420. The maximum absolute atomic E-state index is 13.7. The van der Waals surface area contributed by atoms with Crippen LogP contribution in [0.2, 0.25) is 0 Å². The summed E-state index contributed by atoms with van der Waals surface area (Å²) in [5.41, 5.74) is 6.32. The number of hydrogen-bond acceptors (Lipinski definition) is 1. The fourth-order valence-corrected chi connectivity index (χ4v) is 8.36. The molecule has 0 radical (unpaired) electrons. The van der Waals surface area contributed by atoms with E-state index in [1.807, 2.05) is 20.8 Å². The number of benzene rings is 4. The second kappa shape index (κ2) is 13.0. The maximum atomic E-state index is 13.7. The smallest absolute Gasteiger partial charge is 0.0976 e. The van der Waals surface area contributed by atoms with Crippen LogP contribution in [0.25, 0.3) is 11.1 Å². The van der Waals surface area contributed by atoms with Crippen molar-refractivity contribution in [1.82, 2.24) is 4.72 Å². The maximum Gasteiger partial charge on any atom is 0.0976 e. The Morgan fingerprint density at radius 3 is 1.55 bits per heavy atom. The molecule has 4 aromatic carbocycles. The van der Waals surface area contributed by atoms with Crippen LogP contribution in [0, 0.1) is 0 Å². The molecule has 2 atom stereocenters. The molecule has 0 aliphatic carbocycles. The molecule has 0 aliphatic heterocycles. The van der Waals surface area contributed by atoms with Crippen molar-refractivity contribution in [1.29, 1.82) is 0 Å². The van der Waals surface area contributed by atoms with Gasteiger partial charge in [-0.05, 0) is 84.1 Å². The lowest BCUT2D eigenvalue weighted by atomic mass is 9.78. The Balaban J connectivity index is 1.91. The van der Waals surface area contributed by atoms with Crippen molar-refractivity contribution in [3.8, 4) is 11.1 Å². The molecule has 4 aromatic rings. The summed E-state index contributed by atoms with van der Waals surface area (Å²) in [5, 5.41) is 2.66. The third kappa shape index (κ3) is 8.07. The summed E-state index contributed by atoms with van der Waals surface area (Å²) < 4.78 is 17.0. The molecule has 4 heteroatoms. The Labute approximate surface area is 258 Å². The van der Waals surface area contributed by atoms with Gasteiger partial charge in [-0.15, -0.1) is 0 Å². The van der Waals surface area contributed by atoms with Gasteiger partial charge in [0, 0.05) is 6.04 Å². The first kappa shape index (κ1) is 32.3. The zero-order chi connectivity index (χ0) is 30.7. The monoisotopic (exact) mass is 597 g/mol. The molecule has 0 spiro atoms. The summed E-state index contributed by atoms with van der Waals surface area (Å²) in [6, 6.07) is 37.4. The molecule has 1 unspecified atom stereocenters. The lowest BCUT2D eigenvalue weighted by Gasteiger charge is -2.31. The third-order valence-electron chi connectivity index (χ3n) is 7.62. The predicted octanol–water partition coefficient (Wildman–Crippen LogP) is 9.17. The molecular weight excluding hydrogens is 549 g/mol. The molecule has 0 amide bonds. The van der Waals surface area contributed by atoms with Crippen molar-refractivity contribution in [3.63, 3.8) is 0 Å². The summed E-state index contributed by atoms with van der Waals surface area (Å²) in [6.45, 7) is 19.8. The van der Waals surface area contributed by atoms with E-state index < -0.39 is 18.9 Å². The Morgan fingerprint density at radius 2 is 1.10 bits per heavy atom. The van der Waals surface area contributed by atoms with Gasteiger partial charge in [0.1, 0.15) is 0 Å². The van der Waals surface area contributed by atoms with Gasteiger partial charge >= 0.3 is 0 Å². The first-order valence-corrected chi connectivity index (χ1v) is 17.6. The van der Waals surface area contributed by atoms with Gasteiger partial charge in [-0.3, -0.25) is 0 Å². The van der Waals surface area contributed by atoms with Crippen LogP contribution < -0.4 is 15.3 Å². The normalized spacial score (nSPS) is 14.1. The highest BCUT2D eigenvalue weighted by atomic mass is 32.2. The lowest BCUT2D eigenvalue weighted by molar-refractivity contribution is 0.569. The summed E-state index contributed by atoms with van der Waals surface area (Å²) in [6.07, 6.45) is 0.841. The average molecular weight is 598 g/mol. The predicted molar refractivity (Wildman–Crippen MR) is 187 cm³/mol. The van der Waals surface area contributed by atoms with Crippen LogP contribution in [-0.2, 0) is 21.8 Å². The van der Waals surface area contributed by atoms with Crippen molar-refractivity contribution in [2.75, 3.05) is 6.16 Å². The van der Waals surface area contributed by atoms with Gasteiger partial charge in [-0.1, -0.05) is 145 Å². The number of rotatable bonds is 8. The number of hydrogen-bond donors (Lipinski definition) is 1. The molecule has 0 aliphatic rings. The topological polar surface area (TPSA) is 29.1 Å². The van der Waals surface area contributed by atoms with Gasteiger partial charge in [0.15, 0.2) is 0 Å². The zero-order valence-corrected chi connectivity index (χ0v) is 28.6. The quantitative estimate of drug-likeness (QED) is 0.202. The van der Waals surface area contributed by atoms with Crippen LogP contribution >= 0.6 is 7.92 Å². The molecule has 1 N–H and O–H groups in total. The SMILES string of the molecule is CC(C)(C)c1cc(-c2ccccc2C(CP(c2ccccc2)c2ccccc2)N[S@](=O)C(C)(C)C)cc(C(C)(C)C)c1. The second-order valence-electron chi connectivity index (χ2n) is 14.2. The van der Waals surface area contributed by atoms with Crippen molar-refractivity contribution >= 4 is 29.5 Å². The second-order valence-corrected chi connectivity index (χ2v) is 18.5. The van der Waals surface area contributed by atoms with E-state index in [0.29, 0.717) is 0 Å². The minimum absolute atomic E-state index is 0.0191. The fraction of sp³-hybridized carbons (Fsp3) is 0.368. The zero-order valence-electron chi connectivity index (χ0n) is 26.9. The van der Waals surface area contributed by atoms with E-state index in [2.05, 4.69) is 149 Å². The van der Waals surface area contributed by atoms with Crippen LogP contribution in [0.5, 0.6) is 0 Å². The van der Waals surface area contributed by atoms with E-state index in [0.717, 1.165) is 6.16 Å². The molecule has 4 rings (SSSR count). The van der Waals surface area contributed by atoms with Crippen molar-refractivity contribution in [3.05, 3.63) is 120 Å². The first-order chi connectivity index (χ1) is 19.6. The standard InChI is InChI=1S/C38H48NOPS/c1-36(2,3)29-24-28(25-30(26-29)37(4,5)6)33-22-16-17-23-34(33)35(39-42(40)38(7,8)9)27-41(31-18-12-10-13-19-31)32-20-14-11-15-21-32/h10-26,35,39H,27H2,1-9H3/t35?,42-/m1/s1. The molecule has 0 saturated carbocycles. The largest absolute Gasteiger partial charge is 0.242 e. The van der Waals surface area contributed by atoms with E-state index in [9.17, 15) is 4.21 Å². The molecule has 0 heterocycles. The Morgan fingerprint density at radius 1 is 0.643 bits per heavy atom. The van der Waals surface area contributed by atoms with Crippen molar-refractivity contribution in [2.24, 2.45) is 0 Å². The Hall–Kier alpha value is -2.58. The van der Waals surface area contributed by atoms with Crippen LogP contribution in [-0.4, -0.2) is 15.1 Å². The molecule has 0 aromatic heterocycles. The van der Waals surface area contributed by atoms with Crippen molar-refractivity contribution in [2.45, 2.75) is 83.9 Å². The van der Waals surface area contributed by atoms with Crippen LogP contribution in [0.1, 0.15) is 85.0 Å².